The molecular weight excluding hydrogens is 466 g/mol. The van der Waals surface area contributed by atoms with Gasteiger partial charge in [-0.3, -0.25) is 4.99 Å². The first kappa shape index (κ1) is 23.1. The van der Waals surface area contributed by atoms with E-state index < -0.39 is 11.6 Å². The zero-order chi connectivity index (χ0) is 24.7. The summed E-state index contributed by atoms with van der Waals surface area (Å²) in [6, 6.07) is 17.1. The number of hydrogen-bond acceptors (Lipinski definition) is 4. The number of benzene rings is 3. The van der Waals surface area contributed by atoms with Crippen LogP contribution in [0.15, 0.2) is 71.9 Å². The highest BCUT2D eigenvalue weighted by Crippen LogP contribution is 2.35. The summed E-state index contributed by atoms with van der Waals surface area (Å²) in [4.78, 5) is 13.8. The van der Waals surface area contributed by atoms with Crippen LogP contribution in [-0.4, -0.2) is 15.7 Å². The van der Waals surface area contributed by atoms with Gasteiger partial charge >= 0.3 is 0 Å². The maximum Gasteiger partial charge on any atom is 0.227 e. The molecule has 0 saturated carbocycles. The number of aromatic nitrogens is 2. The topological polar surface area (TPSA) is 50.2 Å². The smallest absolute Gasteiger partial charge is 0.227 e. The van der Waals surface area contributed by atoms with E-state index in [1.807, 2.05) is 12.1 Å². The summed E-state index contributed by atoms with van der Waals surface area (Å²) in [6.07, 6.45) is 1.69. The third kappa shape index (κ3) is 4.54. The fourth-order valence-corrected chi connectivity index (χ4v) is 4.28. The first-order valence-electron chi connectivity index (χ1n) is 11.2. The van der Waals surface area contributed by atoms with E-state index >= 15 is 0 Å². The molecule has 4 nitrogen and oxygen atoms in total. The molecular formula is C28H23ClF2N4. The highest BCUT2D eigenvalue weighted by atomic mass is 35.5. The van der Waals surface area contributed by atoms with Crippen LogP contribution >= 0.6 is 11.6 Å². The monoisotopic (exact) mass is 488 g/mol. The van der Waals surface area contributed by atoms with Crippen molar-refractivity contribution in [3.8, 4) is 11.3 Å². The second-order valence-corrected chi connectivity index (χ2v) is 9.91. The van der Waals surface area contributed by atoms with Gasteiger partial charge in [0, 0.05) is 33.6 Å². The highest BCUT2D eigenvalue weighted by Gasteiger charge is 2.25. The van der Waals surface area contributed by atoms with E-state index in [1.165, 1.54) is 23.8 Å². The average molecular weight is 489 g/mol. The normalized spacial score (nSPS) is 12.9. The summed E-state index contributed by atoms with van der Waals surface area (Å²) in [7, 11) is 0. The van der Waals surface area contributed by atoms with Crippen LogP contribution in [0.2, 0.25) is 5.02 Å². The van der Waals surface area contributed by atoms with E-state index in [0.717, 1.165) is 11.3 Å². The zero-order valence-corrected chi connectivity index (χ0v) is 20.3. The maximum absolute atomic E-state index is 14.7. The summed E-state index contributed by atoms with van der Waals surface area (Å²) in [5, 5.41) is 3.68. The lowest BCUT2D eigenvalue weighted by Gasteiger charge is -2.19. The van der Waals surface area contributed by atoms with Crippen LogP contribution in [0.4, 0.5) is 20.4 Å². The largest absolute Gasteiger partial charge is 0.324 e. The van der Waals surface area contributed by atoms with E-state index in [2.05, 4.69) is 48.2 Å². The van der Waals surface area contributed by atoms with Crippen molar-refractivity contribution in [1.82, 2.24) is 9.97 Å². The quantitative estimate of drug-likeness (QED) is 0.325. The van der Waals surface area contributed by atoms with Crippen LogP contribution in [0.25, 0.3) is 11.3 Å². The number of nitrogens with zero attached hydrogens (tertiary/aromatic N) is 3. The molecule has 4 aromatic rings. The van der Waals surface area contributed by atoms with E-state index in [4.69, 9.17) is 16.6 Å². The summed E-state index contributed by atoms with van der Waals surface area (Å²) >= 11 is 6.29. The van der Waals surface area contributed by atoms with Gasteiger partial charge in [-0.2, -0.15) is 0 Å². The van der Waals surface area contributed by atoms with Crippen LogP contribution in [-0.2, 0) is 12.0 Å². The van der Waals surface area contributed by atoms with Crippen LogP contribution in [0.1, 0.15) is 43.0 Å². The first-order chi connectivity index (χ1) is 16.7. The van der Waals surface area contributed by atoms with Crippen LogP contribution < -0.4 is 5.32 Å². The lowest BCUT2D eigenvalue weighted by atomic mass is 9.87. The molecule has 0 aliphatic carbocycles. The van der Waals surface area contributed by atoms with Gasteiger partial charge < -0.3 is 5.32 Å². The van der Waals surface area contributed by atoms with Crippen LogP contribution in [0.3, 0.4) is 0 Å². The van der Waals surface area contributed by atoms with Gasteiger partial charge in [0.1, 0.15) is 11.6 Å². The maximum atomic E-state index is 14.7. The summed E-state index contributed by atoms with van der Waals surface area (Å²) in [5.74, 6) is -0.964. The van der Waals surface area contributed by atoms with Gasteiger partial charge in [-0.25, -0.2) is 18.7 Å². The molecule has 0 atom stereocenters. The fourth-order valence-electron chi connectivity index (χ4n) is 4.10. The van der Waals surface area contributed by atoms with E-state index in [1.54, 1.807) is 24.4 Å². The van der Waals surface area contributed by atoms with Crippen LogP contribution in [0, 0.1) is 11.6 Å². The summed E-state index contributed by atoms with van der Waals surface area (Å²) < 4.78 is 29.4. The molecule has 5 rings (SSSR count). The summed E-state index contributed by atoms with van der Waals surface area (Å²) in [5.41, 5.74) is 4.72. The van der Waals surface area contributed by atoms with Crippen molar-refractivity contribution in [2.75, 3.05) is 5.32 Å². The summed E-state index contributed by atoms with van der Waals surface area (Å²) in [6.45, 7) is 6.67. The minimum absolute atomic E-state index is 0.0551. The Balaban J connectivity index is 1.57. The van der Waals surface area contributed by atoms with Gasteiger partial charge in [0.2, 0.25) is 5.95 Å². The molecule has 7 heteroatoms. The van der Waals surface area contributed by atoms with Crippen molar-refractivity contribution >= 4 is 28.9 Å². The number of hydrogen-bond donors (Lipinski definition) is 1. The van der Waals surface area contributed by atoms with Crippen molar-refractivity contribution in [2.24, 2.45) is 4.99 Å². The molecule has 176 valence electrons. The minimum Gasteiger partial charge on any atom is -0.324 e. The second-order valence-electron chi connectivity index (χ2n) is 9.47. The molecule has 0 saturated heterocycles. The molecule has 1 aliphatic heterocycles. The van der Waals surface area contributed by atoms with Crippen molar-refractivity contribution in [2.45, 2.75) is 32.7 Å². The van der Waals surface area contributed by atoms with Crippen molar-refractivity contribution in [3.63, 3.8) is 0 Å². The number of halogens is 3. The fraction of sp³-hybridized carbons (Fsp3) is 0.179. The van der Waals surface area contributed by atoms with Gasteiger partial charge in [0.15, 0.2) is 0 Å². The highest BCUT2D eigenvalue weighted by molar-refractivity contribution is 6.31. The number of rotatable bonds is 3. The Morgan fingerprint density at radius 1 is 0.914 bits per heavy atom. The number of fused-ring (bicyclic) bond motifs is 3. The average Bonchev–Trinajstić information content (AvgIpc) is 2.96. The molecule has 1 aromatic heterocycles. The molecule has 3 aromatic carbocycles. The Hall–Kier alpha value is -3.64. The lowest BCUT2D eigenvalue weighted by Crippen LogP contribution is -2.10. The molecule has 0 unspecified atom stereocenters. The third-order valence-corrected chi connectivity index (χ3v) is 6.21. The molecule has 0 radical (unpaired) electrons. The minimum atomic E-state index is -0.687. The van der Waals surface area contributed by atoms with Gasteiger partial charge in [-0.15, -0.1) is 0 Å². The van der Waals surface area contributed by atoms with Gasteiger partial charge in [-0.05, 0) is 47.4 Å². The molecule has 1 N–H and O–H groups in total. The number of anilines is 2. The van der Waals surface area contributed by atoms with Crippen molar-refractivity contribution < 1.29 is 8.78 Å². The predicted molar refractivity (Wildman–Crippen MR) is 137 cm³/mol. The molecule has 0 bridgehead atoms. The number of nitrogens with one attached hydrogen (secondary N) is 1. The zero-order valence-electron chi connectivity index (χ0n) is 19.5. The van der Waals surface area contributed by atoms with Gasteiger partial charge in [0.25, 0.3) is 0 Å². The number of aliphatic imine (C=N–C) groups is 1. The lowest BCUT2D eigenvalue weighted by molar-refractivity contribution is 0.579. The SMILES string of the molecule is CC(C)(C)c1ccc(Nc2ncc3c(n2)-c2ccc(Cl)cc2C(c2c(F)cccc2F)=NC3)cc1. The Morgan fingerprint density at radius 2 is 1.63 bits per heavy atom. The van der Waals surface area contributed by atoms with E-state index in [9.17, 15) is 8.78 Å². The van der Waals surface area contributed by atoms with E-state index in [0.29, 0.717) is 27.8 Å². The molecule has 35 heavy (non-hydrogen) atoms. The molecule has 0 spiro atoms. The first-order valence-corrected chi connectivity index (χ1v) is 11.6. The van der Waals surface area contributed by atoms with Crippen LogP contribution in [0.5, 0.6) is 0 Å². The Labute approximate surface area is 207 Å². The molecule has 1 aliphatic rings. The molecule has 0 amide bonds. The molecule has 0 fully saturated rings. The van der Waals surface area contributed by atoms with Gasteiger partial charge in [0.05, 0.1) is 23.5 Å². The van der Waals surface area contributed by atoms with E-state index in [-0.39, 0.29) is 23.2 Å². The second kappa shape index (κ2) is 8.86. The molecule has 2 heterocycles. The van der Waals surface area contributed by atoms with Crippen molar-refractivity contribution in [3.05, 3.63) is 106 Å². The predicted octanol–water partition coefficient (Wildman–Crippen LogP) is 7.47. The standard InChI is InChI=1S/C28H23ClF2N4/c1-28(2,3)17-7-10-19(11-8-17)34-27-33-15-16-14-32-26(24-22(30)5-4-6-23(24)31)21-13-18(29)9-12-20(21)25(16)35-27/h4-13,15H,14H2,1-3H3,(H,33,34,35). The third-order valence-electron chi connectivity index (χ3n) is 5.97. The Kier molecular flexibility index (Phi) is 5.85. The van der Waals surface area contributed by atoms with Gasteiger partial charge in [-0.1, -0.05) is 56.6 Å². The Morgan fingerprint density at radius 3 is 2.31 bits per heavy atom. The van der Waals surface area contributed by atoms with Crippen molar-refractivity contribution in [1.29, 1.82) is 0 Å². The Bertz CT molecular complexity index is 1440.